The monoisotopic (exact) mass is 271 g/mol. The molecule has 0 saturated heterocycles. The fourth-order valence-corrected chi connectivity index (χ4v) is 1.78. The number of hydrogen-bond donors (Lipinski definition) is 0. The van der Waals surface area contributed by atoms with Crippen LogP contribution in [0, 0.1) is 28.9 Å². The highest BCUT2D eigenvalue weighted by Crippen LogP contribution is 2.22. The number of benzene rings is 2. The predicted octanol–water partition coefficient (Wildman–Crippen LogP) is 3.96. The molecule has 0 heterocycles. The van der Waals surface area contributed by atoms with Crippen LogP contribution in [0.4, 0.5) is 5.69 Å². The van der Waals surface area contributed by atoms with Gasteiger partial charge in [-0.3, -0.25) is 10.1 Å². The van der Waals surface area contributed by atoms with Gasteiger partial charge in [-0.05, 0) is 30.7 Å². The van der Waals surface area contributed by atoms with E-state index in [-0.39, 0.29) is 5.69 Å². The lowest BCUT2D eigenvalue weighted by Gasteiger charge is -1.97. The summed E-state index contributed by atoms with van der Waals surface area (Å²) < 4.78 is 0. The van der Waals surface area contributed by atoms with Gasteiger partial charge in [-0.15, -0.1) is 0 Å². The van der Waals surface area contributed by atoms with Gasteiger partial charge in [0, 0.05) is 16.7 Å². The molecule has 4 heteroatoms. The number of nitro benzene ring substituents is 1. The van der Waals surface area contributed by atoms with Gasteiger partial charge in [0.1, 0.15) is 5.56 Å². The molecule has 0 bridgehead atoms. The molecule has 0 aromatic heterocycles. The number of aryl methyl sites for hydroxylation is 1. The second kappa shape index (κ2) is 5.55. The number of nitrogens with zero attached hydrogens (tertiary/aromatic N) is 1. The van der Waals surface area contributed by atoms with Crippen LogP contribution < -0.4 is 0 Å². The minimum Gasteiger partial charge on any atom is -0.258 e. The van der Waals surface area contributed by atoms with E-state index in [0.717, 1.165) is 11.1 Å². The highest BCUT2D eigenvalue weighted by molar-refractivity contribution is 6.30. The fourth-order valence-electron chi connectivity index (χ4n) is 1.61. The Labute approximate surface area is 116 Å². The molecule has 2 aromatic rings. The number of rotatable bonds is 1. The van der Waals surface area contributed by atoms with Crippen LogP contribution in [0.25, 0.3) is 0 Å². The molecule has 0 aliphatic rings. The summed E-state index contributed by atoms with van der Waals surface area (Å²) in [7, 11) is 0. The first kappa shape index (κ1) is 13.1. The van der Waals surface area contributed by atoms with E-state index in [9.17, 15) is 10.1 Å². The largest absolute Gasteiger partial charge is 0.286 e. The zero-order valence-electron chi connectivity index (χ0n) is 10.2. The van der Waals surface area contributed by atoms with Gasteiger partial charge in [0.2, 0.25) is 0 Å². The Bertz CT molecular complexity index is 699. The standard InChI is InChI=1S/C15H10ClNO2/c1-11-4-2-3-5-12(11)6-7-13-8-9-14(16)10-15(13)17(18)19/h2-5,8-10H,1H3. The van der Waals surface area contributed by atoms with Crippen LogP contribution >= 0.6 is 11.6 Å². The summed E-state index contributed by atoms with van der Waals surface area (Å²) in [6, 6.07) is 12.1. The molecule has 3 nitrogen and oxygen atoms in total. The zero-order chi connectivity index (χ0) is 13.8. The topological polar surface area (TPSA) is 43.1 Å². The van der Waals surface area contributed by atoms with Gasteiger partial charge in [0.25, 0.3) is 5.69 Å². The molecular formula is C15H10ClNO2. The normalized spacial score (nSPS) is 9.58. The maximum Gasteiger partial charge on any atom is 0.286 e. The maximum atomic E-state index is 10.9. The van der Waals surface area contributed by atoms with Gasteiger partial charge in [0.15, 0.2) is 0 Å². The first-order chi connectivity index (χ1) is 9.08. The molecule has 0 amide bonds. The molecule has 0 radical (unpaired) electrons. The second-order valence-electron chi connectivity index (χ2n) is 3.98. The Morgan fingerprint density at radius 3 is 2.47 bits per heavy atom. The highest BCUT2D eigenvalue weighted by Gasteiger charge is 2.12. The highest BCUT2D eigenvalue weighted by atomic mass is 35.5. The molecule has 94 valence electrons. The lowest BCUT2D eigenvalue weighted by molar-refractivity contribution is -0.385. The van der Waals surface area contributed by atoms with Gasteiger partial charge >= 0.3 is 0 Å². The van der Waals surface area contributed by atoms with Crippen molar-refractivity contribution in [1.29, 1.82) is 0 Å². The van der Waals surface area contributed by atoms with Crippen LogP contribution in [0.1, 0.15) is 16.7 Å². The SMILES string of the molecule is Cc1ccccc1C#Cc1ccc(Cl)cc1[N+](=O)[O-]. The van der Waals surface area contributed by atoms with Crippen molar-refractivity contribution in [2.75, 3.05) is 0 Å². The van der Waals surface area contributed by atoms with E-state index in [1.54, 1.807) is 12.1 Å². The average Bonchev–Trinajstić information content (AvgIpc) is 2.38. The van der Waals surface area contributed by atoms with Crippen LogP contribution in [-0.2, 0) is 0 Å². The summed E-state index contributed by atoms with van der Waals surface area (Å²) in [6.07, 6.45) is 0. The van der Waals surface area contributed by atoms with E-state index in [2.05, 4.69) is 11.8 Å². The van der Waals surface area contributed by atoms with E-state index < -0.39 is 4.92 Å². The summed E-state index contributed by atoms with van der Waals surface area (Å²) in [6.45, 7) is 1.94. The van der Waals surface area contributed by atoms with Crippen molar-refractivity contribution in [3.8, 4) is 11.8 Å². The minimum absolute atomic E-state index is 0.0754. The molecule has 2 aromatic carbocycles. The van der Waals surface area contributed by atoms with E-state index in [4.69, 9.17) is 11.6 Å². The Balaban J connectivity index is 2.46. The van der Waals surface area contributed by atoms with Crippen molar-refractivity contribution in [2.24, 2.45) is 0 Å². The average molecular weight is 272 g/mol. The van der Waals surface area contributed by atoms with Crippen molar-refractivity contribution >= 4 is 17.3 Å². The van der Waals surface area contributed by atoms with Gasteiger partial charge in [-0.1, -0.05) is 41.6 Å². The molecule has 19 heavy (non-hydrogen) atoms. The molecule has 0 aliphatic carbocycles. The van der Waals surface area contributed by atoms with E-state index in [0.29, 0.717) is 10.6 Å². The predicted molar refractivity (Wildman–Crippen MR) is 75.3 cm³/mol. The molecule has 0 fully saturated rings. The third-order valence-electron chi connectivity index (χ3n) is 2.63. The molecule has 0 saturated carbocycles. The quantitative estimate of drug-likeness (QED) is 0.448. The van der Waals surface area contributed by atoms with Crippen LogP contribution in [0.15, 0.2) is 42.5 Å². The van der Waals surface area contributed by atoms with Crippen molar-refractivity contribution in [2.45, 2.75) is 6.92 Å². The summed E-state index contributed by atoms with van der Waals surface area (Å²) in [4.78, 5) is 10.5. The summed E-state index contributed by atoms with van der Waals surface area (Å²) in [5, 5.41) is 11.3. The number of halogens is 1. The number of hydrogen-bond acceptors (Lipinski definition) is 2. The maximum absolute atomic E-state index is 10.9. The first-order valence-electron chi connectivity index (χ1n) is 5.59. The van der Waals surface area contributed by atoms with Crippen LogP contribution in [0.2, 0.25) is 5.02 Å². The van der Waals surface area contributed by atoms with Gasteiger partial charge in [-0.25, -0.2) is 0 Å². The second-order valence-corrected chi connectivity index (χ2v) is 4.42. The van der Waals surface area contributed by atoms with Crippen LogP contribution in [-0.4, -0.2) is 4.92 Å². The first-order valence-corrected chi connectivity index (χ1v) is 5.97. The lowest BCUT2D eigenvalue weighted by Crippen LogP contribution is -1.92. The molecule has 0 spiro atoms. The van der Waals surface area contributed by atoms with Gasteiger partial charge in [-0.2, -0.15) is 0 Å². The molecule has 0 aliphatic heterocycles. The van der Waals surface area contributed by atoms with Crippen LogP contribution in [0.5, 0.6) is 0 Å². The molecule has 2 rings (SSSR count). The Morgan fingerprint density at radius 2 is 1.79 bits per heavy atom. The zero-order valence-corrected chi connectivity index (χ0v) is 10.9. The van der Waals surface area contributed by atoms with E-state index in [1.165, 1.54) is 6.07 Å². The Morgan fingerprint density at radius 1 is 1.11 bits per heavy atom. The van der Waals surface area contributed by atoms with Crippen molar-refractivity contribution < 1.29 is 4.92 Å². The summed E-state index contributed by atoms with van der Waals surface area (Å²) >= 11 is 5.75. The van der Waals surface area contributed by atoms with E-state index >= 15 is 0 Å². The van der Waals surface area contributed by atoms with Crippen molar-refractivity contribution in [3.05, 3.63) is 74.3 Å². The third-order valence-corrected chi connectivity index (χ3v) is 2.87. The van der Waals surface area contributed by atoms with E-state index in [1.807, 2.05) is 31.2 Å². The smallest absolute Gasteiger partial charge is 0.258 e. The Hall–Kier alpha value is -2.31. The summed E-state index contributed by atoms with van der Waals surface area (Å²) in [5.74, 6) is 5.78. The third kappa shape index (κ3) is 3.12. The van der Waals surface area contributed by atoms with Crippen molar-refractivity contribution in [1.82, 2.24) is 0 Å². The van der Waals surface area contributed by atoms with Gasteiger partial charge < -0.3 is 0 Å². The Kier molecular flexibility index (Phi) is 3.84. The van der Waals surface area contributed by atoms with Crippen LogP contribution in [0.3, 0.4) is 0 Å². The summed E-state index contributed by atoms with van der Waals surface area (Å²) in [5.41, 5.74) is 2.17. The van der Waals surface area contributed by atoms with Crippen molar-refractivity contribution in [3.63, 3.8) is 0 Å². The fraction of sp³-hybridized carbons (Fsp3) is 0.0667. The molecule has 0 N–H and O–H groups in total. The lowest BCUT2D eigenvalue weighted by atomic mass is 10.1. The number of nitro groups is 1. The molecule has 0 unspecified atom stereocenters. The minimum atomic E-state index is -0.478. The molecular weight excluding hydrogens is 262 g/mol. The molecule has 0 atom stereocenters. The van der Waals surface area contributed by atoms with Gasteiger partial charge in [0.05, 0.1) is 4.92 Å².